The van der Waals surface area contributed by atoms with Crippen LogP contribution in [0.2, 0.25) is 0 Å². The van der Waals surface area contributed by atoms with Crippen molar-refractivity contribution < 1.29 is 4.74 Å². The highest BCUT2D eigenvalue weighted by atomic mass is 16.5. The van der Waals surface area contributed by atoms with Crippen molar-refractivity contribution in [1.29, 1.82) is 0 Å². The monoisotopic (exact) mass is 516 g/mol. The van der Waals surface area contributed by atoms with Crippen molar-refractivity contribution in [1.82, 2.24) is 35.0 Å². The second-order valence-electron chi connectivity index (χ2n) is 9.96. The summed E-state index contributed by atoms with van der Waals surface area (Å²) in [6.45, 7) is 4.54. The molecule has 9 nitrogen and oxygen atoms in total. The molecule has 1 aromatic carbocycles. The number of likely N-dealkylation sites (N-methyl/N-ethyl adjacent to an activating group) is 1. The number of hydrogen-bond donors (Lipinski definition) is 2. The summed E-state index contributed by atoms with van der Waals surface area (Å²) in [5.74, 6) is 0.699. The van der Waals surface area contributed by atoms with Gasteiger partial charge in [-0.15, -0.1) is 0 Å². The Labute approximate surface area is 225 Å². The molecule has 9 heteroatoms. The van der Waals surface area contributed by atoms with E-state index < -0.39 is 0 Å². The first-order valence-corrected chi connectivity index (χ1v) is 13.1. The van der Waals surface area contributed by atoms with Crippen molar-refractivity contribution in [2.75, 3.05) is 38.1 Å². The predicted molar refractivity (Wildman–Crippen MR) is 153 cm³/mol. The maximum absolute atomic E-state index is 5.99. The molecule has 194 valence electrons. The molecule has 6 aromatic rings. The van der Waals surface area contributed by atoms with Gasteiger partial charge in [0.05, 0.1) is 52.9 Å². The van der Waals surface area contributed by atoms with Crippen molar-refractivity contribution in [3.63, 3.8) is 0 Å². The minimum Gasteiger partial charge on any atom is -0.487 e. The van der Waals surface area contributed by atoms with Gasteiger partial charge in [0.15, 0.2) is 0 Å². The molecule has 0 atom stereocenters. The number of rotatable bonds is 6. The molecule has 1 saturated heterocycles. The van der Waals surface area contributed by atoms with Crippen LogP contribution in [0.3, 0.4) is 0 Å². The highest BCUT2D eigenvalue weighted by Gasteiger charge is 2.19. The second kappa shape index (κ2) is 9.85. The van der Waals surface area contributed by atoms with E-state index in [0.717, 1.165) is 81.9 Å². The van der Waals surface area contributed by atoms with Gasteiger partial charge in [0.25, 0.3) is 0 Å². The van der Waals surface area contributed by atoms with Gasteiger partial charge in [0.1, 0.15) is 18.1 Å². The number of anilines is 1. The molecular formula is C30H28N8O. The van der Waals surface area contributed by atoms with Gasteiger partial charge in [-0.2, -0.15) is 5.10 Å². The molecule has 39 heavy (non-hydrogen) atoms. The van der Waals surface area contributed by atoms with E-state index in [1.54, 1.807) is 12.4 Å². The number of aromatic amines is 2. The number of aromatic nitrogens is 6. The van der Waals surface area contributed by atoms with E-state index in [0.29, 0.717) is 12.4 Å². The molecule has 0 bridgehead atoms. The number of benzene rings is 1. The molecule has 7 rings (SSSR count). The van der Waals surface area contributed by atoms with Crippen LogP contribution in [0.4, 0.5) is 5.69 Å². The van der Waals surface area contributed by atoms with E-state index in [2.05, 4.69) is 59.1 Å². The summed E-state index contributed by atoms with van der Waals surface area (Å²) >= 11 is 0. The smallest absolute Gasteiger partial charge is 0.138 e. The van der Waals surface area contributed by atoms with Gasteiger partial charge in [-0.3, -0.25) is 20.1 Å². The predicted octanol–water partition coefficient (Wildman–Crippen LogP) is 4.89. The SMILES string of the molecule is CN1CCN(c2cncc3[nH]c(-c4n[nH]c5cnc(-c6cncc(OCc7ccccc7)c6)cc45)cc23)CC1. The second-order valence-corrected chi connectivity index (χ2v) is 9.96. The normalized spacial score (nSPS) is 14.3. The number of hydrogen-bond acceptors (Lipinski definition) is 7. The van der Waals surface area contributed by atoms with Gasteiger partial charge in [-0.1, -0.05) is 30.3 Å². The first-order chi connectivity index (χ1) is 19.2. The highest BCUT2D eigenvalue weighted by molar-refractivity contribution is 6.00. The summed E-state index contributed by atoms with van der Waals surface area (Å²) in [5.41, 5.74) is 7.60. The fraction of sp³-hybridized carbons (Fsp3) is 0.200. The van der Waals surface area contributed by atoms with Gasteiger partial charge in [0, 0.05) is 48.7 Å². The van der Waals surface area contributed by atoms with Crippen LogP contribution in [0.15, 0.2) is 79.5 Å². The lowest BCUT2D eigenvalue weighted by Crippen LogP contribution is -2.44. The lowest BCUT2D eigenvalue weighted by Gasteiger charge is -2.34. The molecule has 0 saturated carbocycles. The van der Waals surface area contributed by atoms with Crippen molar-refractivity contribution in [2.45, 2.75) is 6.61 Å². The molecule has 0 spiro atoms. The lowest BCUT2D eigenvalue weighted by molar-refractivity contribution is 0.305. The molecule has 2 N–H and O–H groups in total. The third kappa shape index (κ3) is 4.57. The summed E-state index contributed by atoms with van der Waals surface area (Å²) in [7, 11) is 2.17. The molecule has 1 fully saturated rings. The van der Waals surface area contributed by atoms with Gasteiger partial charge < -0.3 is 19.5 Å². The van der Waals surface area contributed by atoms with Crippen molar-refractivity contribution in [3.8, 4) is 28.4 Å². The summed E-state index contributed by atoms with van der Waals surface area (Å²) in [5, 5.41) is 9.93. The number of nitrogens with one attached hydrogen (secondary N) is 2. The number of ether oxygens (including phenoxy) is 1. The van der Waals surface area contributed by atoms with E-state index in [-0.39, 0.29) is 0 Å². The number of piperazine rings is 1. The number of fused-ring (bicyclic) bond motifs is 2. The quantitative estimate of drug-likeness (QED) is 0.325. The van der Waals surface area contributed by atoms with Crippen LogP contribution in [0, 0.1) is 0 Å². The Morgan fingerprint density at radius 1 is 0.846 bits per heavy atom. The Morgan fingerprint density at radius 3 is 2.56 bits per heavy atom. The van der Waals surface area contributed by atoms with Crippen LogP contribution in [0.25, 0.3) is 44.5 Å². The minimum atomic E-state index is 0.482. The van der Waals surface area contributed by atoms with Crippen molar-refractivity contribution in [2.24, 2.45) is 0 Å². The van der Waals surface area contributed by atoms with Crippen LogP contribution in [-0.2, 0) is 6.61 Å². The molecule has 0 radical (unpaired) electrons. The zero-order chi connectivity index (χ0) is 26.2. The number of pyridine rings is 3. The molecule has 1 aliphatic heterocycles. The van der Waals surface area contributed by atoms with Gasteiger partial charge >= 0.3 is 0 Å². The highest BCUT2D eigenvalue weighted by Crippen LogP contribution is 2.34. The first kappa shape index (κ1) is 23.4. The fourth-order valence-corrected chi connectivity index (χ4v) is 5.12. The van der Waals surface area contributed by atoms with E-state index >= 15 is 0 Å². The third-order valence-corrected chi connectivity index (χ3v) is 7.33. The maximum atomic E-state index is 5.99. The molecular weight excluding hydrogens is 488 g/mol. The lowest BCUT2D eigenvalue weighted by atomic mass is 10.1. The summed E-state index contributed by atoms with van der Waals surface area (Å²) in [6.07, 6.45) is 9.20. The molecule has 0 unspecified atom stereocenters. The number of nitrogens with zero attached hydrogens (tertiary/aromatic N) is 6. The molecule has 6 heterocycles. The molecule has 0 amide bonds. The van der Waals surface area contributed by atoms with Crippen molar-refractivity contribution in [3.05, 3.63) is 85.1 Å². The average molecular weight is 517 g/mol. The summed E-state index contributed by atoms with van der Waals surface area (Å²) < 4.78 is 5.99. The van der Waals surface area contributed by atoms with Crippen LogP contribution in [-0.4, -0.2) is 68.3 Å². The Morgan fingerprint density at radius 2 is 1.69 bits per heavy atom. The standard InChI is InChI=1S/C30H28N8O/c1-37-7-9-38(10-8-37)29-18-32-16-27-23(29)12-26(34-27)30-24-13-25(33-17-28(24)35-36-30)21-11-22(15-31-14-21)39-19-20-5-3-2-4-6-20/h2-6,11-18,34H,7-10,19H2,1H3,(H,35,36). The van der Waals surface area contributed by atoms with E-state index in [9.17, 15) is 0 Å². The zero-order valence-corrected chi connectivity index (χ0v) is 21.6. The third-order valence-electron chi connectivity index (χ3n) is 7.33. The molecule has 0 aliphatic carbocycles. The maximum Gasteiger partial charge on any atom is 0.138 e. The fourth-order valence-electron chi connectivity index (χ4n) is 5.12. The Balaban J connectivity index is 1.20. The Bertz CT molecular complexity index is 1750. The topological polar surface area (TPSA) is 98.8 Å². The zero-order valence-electron chi connectivity index (χ0n) is 21.6. The van der Waals surface area contributed by atoms with Crippen LogP contribution >= 0.6 is 0 Å². The van der Waals surface area contributed by atoms with Gasteiger partial charge in [-0.25, -0.2) is 0 Å². The van der Waals surface area contributed by atoms with Crippen LogP contribution in [0.5, 0.6) is 5.75 Å². The summed E-state index contributed by atoms with van der Waals surface area (Å²) in [6, 6.07) is 16.3. The summed E-state index contributed by atoms with van der Waals surface area (Å²) in [4.78, 5) is 21.9. The van der Waals surface area contributed by atoms with E-state index in [1.807, 2.05) is 55.0 Å². The Kier molecular flexibility index (Phi) is 5.90. The minimum absolute atomic E-state index is 0.482. The van der Waals surface area contributed by atoms with Crippen molar-refractivity contribution >= 4 is 27.5 Å². The van der Waals surface area contributed by atoms with E-state index in [1.165, 1.54) is 0 Å². The largest absolute Gasteiger partial charge is 0.487 e. The Hall–Kier alpha value is -4.76. The van der Waals surface area contributed by atoms with Crippen LogP contribution in [0.1, 0.15) is 5.56 Å². The molecule has 1 aliphatic rings. The van der Waals surface area contributed by atoms with Gasteiger partial charge in [-0.05, 0) is 30.8 Å². The number of H-pyrrole nitrogens is 2. The first-order valence-electron chi connectivity index (χ1n) is 13.1. The average Bonchev–Trinajstić information content (AvgIpc) is 3.61. The van der Waals surface area contributed by atoms with Gasteiger partial charge in [0.2, 0.25) is 0 Å². The van der Waals surface area contributed by atoms with Crippen LogP contribution < -0.4 is 9.64 Å². The molecule has 5 aromatic heterocycles. The van der Waals surface area contributed by atoms with E-state index in [4.69, 9.17) is 4.74 Å².